The largest absolute Gasteiger partial charge is 0.488 e. The molecule has 4 rings (SSSR count). The second-order valence-electron chi connectivity index (χ2n) is 11.7. The molecular formula is C30H39F3N4O5. The van der Waals surface area contributed by atoms with Crippen molar-refractivity contribution < 1.29 is 37.0 Å². The van der Waals surface area contributed by atoms with Gasteiger partial charge in [-0.3, -0.25) is 4.98 Å². The molecule has 0 atom stereocenters. The van der Waals surface area contributed by atoms with E-state index in [0.29, 0.717) is 45.4 Å². The minimum atomic E-state index is -4.58. The first-order valence-corrected chi connectivity index (χ1v) is 14.3. The van der Waals surface area contributed by atoms with E-state index >= 15 is 0 Å². The standard InChI is InChI=1S/C30H39F3N4O5/c1-29(2,3)42-28(39)37-16-12-24(13-17-37)41-26-9-4-21(30(31,32)33)18-25(26)36-27(38)35-22-5-7-23(8-6-22)40-19-20-10-14-34-15-11-20/h4,9-11,14-15,18,22-24H,5-8,12-13,16-17,19H2,1-3H3,(H2,35,36,38). The zero-order valence-corrected chi connectivity index (χ0v) is 24.2. The fourth-order valence-corrected chi connectivity index (χ4v) is 4.98. The first-order valence-electron chi connectivity index (χ1n) is 14.3. The number of likely N-dealkylation sites (tertiary alicyclic amines) is 1. The van der Waals surface area contributed by atoms with E-state index < -0.39 is 29.5 Å². The molecule has 230 valence electrons. The number of carbonyl (C=O) groups excluding carboxylic acids is 2. The number of aromatic nitrogens is 1. The Kier molecular flexibility index (Phi) is 10.2. The van der Waals surface area contributed by atoms with Gasteiger partial charge in [0.15, 0.2) is 0 Å². The number of hydrogen-bond acceptors (Lipinski definition) is 6. The summed E-state index contributed by atoms with van der Waals surface area (Å²) in [5.41, 5.74) is -0.528. The van der Waals surface area contributed by atoms with Crippen LogP contribution in [0, 0.1) is 0 Å². The van der Waals surface area contributed by atoms with Gasteiger partial charge in [0.1, 0.15) is 17.5 Å². The Morgan fingerprint density at radius 1 is 0.952 bits per heavy atom. The quantitative estimate of drug-likeness (QED) is 0.379. The summed E-state index contributed by atoms with van der Waals surface area (Å²) >= 11 is 0. The second kappa shape index (κ2) is 13.6. The van der Waals surface area contributed by atoms with E-state index in [1.807, 2.05) is 12.1 Å². The molecule has 1 aromatic heterocycles. The Balaban J connectivity index is 1.30. The van der Waals surface area contributed by atoms with Gasteiger partial charge < -0.3 is 29.7 Å². The Morgan fingerprint density at radius 3 is 2.24 bits per heavy atom. The minimum Gasteiger partial charge on any atom is -0.488 e. The molecule has 0 spiro atoms. The number of urea groups is 1. The summed E-state index contributed by atoms with van der Waals surface area (Å²) < 4.78 is 57.9. The van der Waals surface area contributed by atoms with Crippen molar-refractivity contribution in [2.75, 3.05) is 18.4 Å². The van der Waals surface area contributed by atoms with Crippen molar-refractivity contribution in [3.05, 3.63) is 53.9 Å². The van der Waals surface area contributed by atoms with E-state index in [1.165, 1.54) is 6.07 Å². The molecule has 1 saturated carbocycles. The third-order valence-corrected chi connectivity index (χ3v) is 7.19. The first kappa shape index (κ1) is 31.4. The molecule has 1 aliphatic carbocycles. The number of carbonyl (C=O) groups is 2. The molecule has 42 heavy (non-hydrogen) atoms. The summed E-state index contributed by atoms with van der Waals surface area (Å²) in [5.74, 6) is 0.141. The minimum absolute atomic E-state index is 0.0636. The highest BCUT2D eigenvalue weighted by molar-refractivity contribution is 5.91. The van der Waals surface area contributed by atoms with Gasteiger partial charge in [-0.2, -0.15) is 13.2 Å². The van der Waals surface area contributed by atoms with E-state index in [2.05, 4.69) is 15.6 Å². The Labute approximate surface area is 244 Å². The Morgan fingerprint density at radius 2 is 1.62 bits per heavy atom. The van der Waals surface area contributed by atoms with Crippen LogP contribution < -0.4 is 15.4 Å². The zero-order valence-electron chi connectivity index (χ0n) is 24.2. The summed E-state index contributed by atoms with van der Waals surface area (Å²) in [7, 11) is 0. The molecule has 2 heterocycles. The highest BCUT2D eigenvalue weighted by atomic mass is 19.4. The van der Waals surface area contributed by atoms with Gasteiger partial charge in [0, 0.05) is 44.4 Å². The SMILES string of the molecule is CC(C)(C)OC(=O)N1CCC(Oc2ccc(C(F)(F)F)cc2NC(=O)NC2CCC(OCc3ccncc3)CC2)CC1. The van der Waals surface area contributed by atoms with Crippen LogP contribution in [0.4, 0.5) is 28.4 Å². The third-order valence-electron chi connectivity index (χ3n) is 7.19. The van der Waals surface area contributed by atoms with Gasteiger partial charge in [-0.15, -0.1) is 0 Å². The summed E-state index contributed by atoms with van der Waals surface area (Å²) in [6.45, 7) is 6.64. The van der Waals surface area contributed by atoms with Gasteiger partial charge >= 0.3 is 18.3 Å². The predicted molar refractivity (Wildman–Crippen MR) is 150 cm³/mol. The van der Waals surface area contributed by atoms with Crippen LogP contribution in [0.25, 0.3) is 0 Å². The molecule has 2 fully saturated rings. The zero-order chi connectivity index (χ0) is 30.3. The second-order valence-corrected chi connectivity index (χ2v) is 11.7. The number of anilines is 1. The lowest BCUT2D eigenvalue weighted by Crippen LogP contribution is -2.44. The molecular weight excluding hydrogens is 553 g/mol. The lowest BCUT2D eigenvalue weighted by molar-refractivity contribution is -0.137. The lowest BCUT2D eigenvalue weighted by atomic mass is 9.93. The van der Waals surface area contributed by atoms with Gasteiger partial charge in [-0.1, -0.05) is 0 Å². The highest BCUT2D eigenvalue weighted by Gasteiger charge is 2.33. The molecule has 12 heteroatoms. The molecule has 0 unspecified atom stereocenters. The van der Waals surface area contributed by atoms with Crippen LogP contribution in [0.3, 0.4) is 0 Å². The molecule has 1 aromatic carbocycles. The number of piperidine rings is 1. The molecule has 3 amide bonds. The molecule has 1 saturated heterocycles. The van der Waals surface area contributed by atoms with Crippen molar-refractivity contribution in [3.63, 3.8) is 0 Å². The van der Waals surface area contributed by atoms with Crippen LogP contribution >= 0.6 is 0 Å². The number of pyridine rings is 1. The van der Waals surface area contributed by atoms with E-state index in [0.717, 1.165) is 30.5 Å². The monoisotopic (exact) mass is 592 g/mol. The summed E-state index contributed by atoms with van der Waals surface area (Å²) in [4.78, 5) is 30.8. The van der Waals surface area contributed by atoms with Gasteiger partial charge in [0.25, 0.3) is 0 Å². The van der Waals surface area contributed by atoms with Crippen molar-refractivity contribution in [3.8, 4) is 5.75 Å². The fourth-order valence-electron chi connectivity index (χ4n) is 4.98. The lowest BCUT2D eigenvalue weighted by Gasteiger charge is -2.34. The van der Waals surface area contributed by atoms with Crippen LogP contribution in [0.1, 0.15) is 70.4 Å². The molecule has 2 N–H and O–H groups in total. The molecule has 1 aliphatic heterocycles. The number of hydrogen-bond donors (Lipinski definition) is 2. The van der Waals surface area contributed by atoms with Gasteiger partial charge in [-0.05, 0) is 82.3 Å². The average Bonchev–Trinajstić information content (AvgIpc) is 2.93. The molecule has 0 radical (unpaired) electrons. The number of ether oxygens (including phenoxy) is 3. The number of rotatable bonds is 7. The Hall–Kier alpha value is -3.54. The van der Waals surface area contributed by atoms with E-state index in [1.54, 1.807) is 38.1 Å². The fraction of sp³-hybridized carbons (Fsp3) is 0.567. The van der Waals surface area contributed by atoms with E-state index in [4.69, 9.17) is 14.2 Å². The van der Waals surface area contributed by atoms with E-state index in [9.17, 15) is 22.8 Å². The van der Waals surface area contributed by atoms with Crippen molar-refractivity contribution in [2.24, 2.45) is 0 Å². The van der Waals surface area contributed by atoms with Crippen LogP contribution in [0.2, 0.25) is 0 Å². The first-order chi connectivity index (χ1) is 19.9. The van der Waals surface area contributed by atoms with Crippen LogP contribution in [-0.4, -0.2) is 58.9 Å². The predicted octanol–water partition coefficient (Wildman–Crippen LogP) is 6.53. The van der Waals surface area contributed by atoms with Crippen LogP contribution in [0.5, 0.6) is 5.75 Å². The maximum absolute atomic E-state index is 13.5. The Bertz CT molecular complexity index is 1190. The van der Waals surface area contributed by atoms with Crippen molar-refractivity contribution in [2.45, 2.75) is 95.9 Å². The molecule has 2 aliphatic rings. The van der Waals surface area contributed by atoms with E-state index in [-0.39, 0.29) is 29.7 Å². The van der Waals surface area contributed by atoms with Gasteiger partial charge in [0.2, 0.25) is 0 Å². The summed E-state index contributed by atoms with van der Waals surface area (Å²) in [6, 6.07) is 6.12. The van der Waals surface area contributed by atoms with Crippen LogP contribution in [-0.2, 0) is 22.3 Å². The highest BCUT2D eigenvalue weighted by Crippen LogP contribution is 2.36. The normalized spacial score (nSPS) is 20.1. The summed E-state index contributed by atoms with van der Waals surface area (Å²) in [5, 5.41) is 5.45. The number of benzene rings is 1. The van der Waals surface area contributed by atoms with Crippen molar-refractivity contribution >= 4 is 17.8 Å². The van der Waals surface area contributed by atoms with Crippen molar-refractivity contribution in [1.29, 1.82) is 0 Å². The topological polar surface area (TPSA) is 102 Å². The molecule has 2 aromatic rings. The maximum Gasteiger partial charge on any atom is 0.416 e. The number of nitrogens with zero attached hydrogens (tertiary/aromatic N) is 2. The summed E-state index contributed by atoms with van der Waals surface area (Å²) in [6.07, 6.45) is 2.01. The maximum atomic E-state index is 13.5. The molecule has 0 bridgehead atoms. The number of nitrogens with one attached hydrogen (secondary N) is 2. The number of amides is 3. The van der Waals surface area contributed by atoms with Gasteiger partial charge in [-0.25, -0.2) is 9.59 Å². The molecule has 9 nitrogen and oxygen atoms in total. The average molecular weight is 593 g/mol. The smallest absolute Gasteiger partial charge is 0.416 e. The van der Waals surface area contributed by atoms with Crippen LogP contribution in [0.15, 0.2) is 42.7 Å². The van der Waals surface area contributed by atoms with Crippen molar-refractivity contribution in [1.82, 2.24) is 15.2 Å². The number of alkyl halides is 3. The third kappa shape index (κ3) is 9.50. The van der Waals surface area contributed by atoms with Gasteiger partial charge in [0.05, 0.1) is 24.0 Å². The number of halogens is 3.